The predicted molar refractivity (Wildman–Crippen MR) is 116 cm³/mol. The zero-order valence-electron chi connectivity index (χ0n) is 16.1. The van der Waals surface area contributed by atoms with Gasteiger partial charge in [0.05, 0.1) is 5.69 Å². The Balaban J connectivity index is 1.81. The Morgan fingerprint density at radius 2 is 1.66 bits per heavy atom. The Bertz CT molecular complexity index is 1170. The first-order valence-electron chi connectivity index (χ1n) is 9.19. The van der Waals surface area contributed by atoms with Gasteiger partial charge in [-0.1, -0.05) is 65.7 Å². The van der Waals surface area contributed by atoms with E-state index in [2.05, 4.69) is 15.4 Å². The van der Waals surface area contributed by atoms with Crippen LogP contribution in [0.25, 0.3) is 17.1 Å². The Morgan fingerprint density at radius 1 is 0.931 bits per heavy atom. The van der Waals surface area contributed by atoms with Crippen LogP contribution in [0.3, 0.4) is 0 Å². The molecule has 3 aromatic carbocycles. The van der Waals surface area contributed by atoms with Crippen LogP contribution in [0.2, 0.25) is 5.02 Å². The van der Waals surface area contributed by atoms with Crippen LogP contribution in [-0.4, -0.2) is 20.7 Å². The third kappa shape index (κ3) is 3.91. The normalized spacial score (nSPS) is 10.7. The minimum absolute atomic E-state index is 0.0869. The number of hydrogen-bond donors (Lipinski definition) is 1. The number of nitrogens with zero attached hydrogens (tertiary/aromatic N) is 3. The number of para-hydroxylation sites is 1. The number of benzene rings is 3. The number of nitrogens with one attached hydrogen (secondary N) is 1. The summed E-state index contributed by atoms with van der Waals surface area (Å²) in [6, 6.07) is 22.8. The Kier molecular flexibility index (Phi) is 5.14. The number of carbonyl (C=O) groups excluding carboxylic acids is 1. The molecule has 29 heavy (non-hydrogen) atoms. The lowest BCUT2D eigenvalue weighted by molar-refractivity contribution is 0.101. The van der Waals surface area contributed by atoms with Crippen molar-refractivity contribution in [3.05, 3.63) is 94.8 Å². The first-order chi connectivity index (χ1) is 14.0. The molecule has 0 aliphatic rings. The van der Waals surface area contributed by atoms with Crippen molar-refractivity contribution in [1.29, 1.82) is 0 Å². The van der Waals surface area contributed by atoms with Gasteiger partial charge in [-0.25, -0.2) is 9.67 Å². The van der Waals surface area contributed by atoms with E-state index in [-0.39, 0.29) is 11.7 Å². The van der Waals surface area contributed by atoms with Crippen molar-refractivity contribution in [2.45, 2.75) is 13.8 Å². The molecular weight excluding hydrogens is 384 g/mol. The van der Waals surface area contributed by atoms with Gasteiger partial charge in [0.15, 0.2) is 5.82 Å². The van der Waals surface area contributed by atoms with Gasteiger partial charge >= 0.3 is 0 Å². The summed E-state index contributed by atoms with van der Waals surface area (Å²) in [4.78, 5) is 17.3. The van der Waals surface area contributed by atoms with Crippen molar-refractivity contribution < 1.29 is 4.79 Å². The van der Waals surface area contributed by atoms with E-state index in [1.807, 2.05) is 86.6 Å². The molecule has 0 bridgehead atoms. The second-order valence-corrected chi connectivity index (χ2v) is 7.15. The van der Waals surface area contributed by atoms with Gasteiger partial charge in [0, 0.05) is 16.3 Å². The number of aromatic nitrogens is 3. The van der Waals surface area contributed by atoms with Gasteiger partial charge in [-0.05, 0) is 43.7 Å². The fourth-order valence-corrected chi connectivity index (χ4v) is 3.17. The summed E-state index contributed by atoms with van der Waals surface area (Å²) in [7, 11) is 0. The molecule has 0 saturated heterocycles. The summed E-state index contributed by atoms with van der Waals surface area (Å²) < 4.78 is 1.67. The van der Waals surface area contributed by atoms with Crippen LogP contribution in [-0.2, 0) is 0 Å². The minimum Gasteiger partial charge on any atom is -0.319 e. The maximum Gasteiger partial charge on any atom is 0.295 e. The SMILES string of the molecule is Cc1ccc(-c2nc(C(=O)Nc3ccccc3)nn2-c2cccc(Cl)c2C)cc1. The van der Waals surface area contributed by atoms with Crippen molar-refractivity contribution in [2.24, 2.45) is 0 Å². The molecule has 0 unspecified atom stereocenters. The Labute approximate surface area is 174 Å². The van der Waals surface area contributed by atoms with Crippen LogP contribution >= 0.6 is 11.6 Å². The van der Waals surface area contributed by atoms with Crippen LogP contribution in [0.4, 0.5) is 5.69 Å². The van der Waals surface area contributed by atoms with E-state index in [1.165, 1.54) is 0 Å². The molecule has 0 aliphatic carbocycles. The van der Waals surface area contributed by atoms with E-state index < -0.39 is 0 Å². The van der Waals surface area contributed by atoms with E-state index in [0.29, 0.717) is 16.5 Å². The number of amides is 1. The van der Waals surface area contributed by atoms with Crippen molar-refractivity contribution in [2.75, 3.05) is 5.32 Å². The van der Waals surface area contributed by atoms with E-state index in [0.717, 1.165) is 22.4 Å². The number of halogens is 1. The Hall–Kier alpha value is -3.44. The second-order valence-electron chi connectivity index (χ2n) is 6.74. The standard InChI is InChI=1S/C23H19ClN4O/c1-15-11-13-17(14-12-15)22-26-21(23(29)25-18-7-4-3-5-8-18)27-28(22)20-10-6-9-19(24)16(20)2/h3-14H,1-2H3,(H,25,29). The molecule has 4 aromatic rings. The zero-order valence-corrected chi connectivity index (χ0v) is 16.8. The van der Waals surface area contributed by atoms with Gasteiger partial charge in [-0.2, -0.15) is 0 Å². The quantitative estimate of drug-likeness (QED) is 0.493. The maximum atomic E-state index is 12.8. The minimum atomic E-state index is -0.372. The van der Waals surface area contributed by atoms with Crippen LogP contribution in [0.5, 0.6) is 0 Å². The number of anilines is 1. The smallest absolute Gasteiger partial charge is 0.295 e. The lowest BCUT2D eigenvalue weighted by atomic mass is 10.1. The maximum absolute atomic E-state index is 12.8. The predicted octanol–water partition coefficient (Wildman–Crippen LogP) is 5.46. The van der Waals surface area contributed by atoms with E-state index >= 15 is 0 Å². The highest BCUT2D eigenvalue weighted by Gasteiger charge is 2.20. The topological polar surface area (TPSA) is 59.8 Å². The molecule has 0 saturated carbocycles. The highest BCUT2D eigenvalue weighted by molar-refractivity contribution is 6.31. The molecule has 4 rings (SSSR count). The van der Waals surface area contributed by atoms with E-state index in [1.54, 1.807) is 4.68 Å². The summed E-state index contributed by atoms with van der Waals surface area (Å²) in [6.45, 7) is 3.94. The molecule has 1 N–H and O–H groups in total. The summed E-state index contributed by atoms with van der Waals surface area (Å²) in [5.74, 6) is 0.292. The largest absolute Gasteiger partial charge is 0.319 e. The summed E-state index contributed by atoms with van der Waals surface area (Å²) in [5.41, 5.74) is 4.33. The summed E-state index contributed by atoms with van der Waals surface area (Å²) >= 11 is 6.32. The summed E-state index contributed by atoms with van der Waals surface area (Å²) in [5, 5.41) is 7.97. The van der Waals surface area contributed by atoms with Crippen LogP contribution < -0.4 is 5.32 Å². The van der Waals surface area contributed by atoms with E-state index in [9.17, 15) is 4.79 Å². The molecule has 0 spiro atoms. The molecule has 1 amide bonds. The fraction of sp³-hybridized carbons (Fsp3) is 0.0870. The number of aryl methyl sites for hydroxylation is 1. The molecule has 1 heterocycles. The van der Waals surface area contributed by atoms with Gasteiger partial charge in [0.25, 0.3) is 5.91 Å². The fourth-order valence-electron chi connectivity index (χ4n) is 3.00. The highest BCUT2D eigenvalue weighted by Crippen LogP contribution is 2.27. The first kappa shape index (κ1) is 18.9. The Morgan fingerprint density at radius 3 is 2.38 bits per heavy atom. The van der Waals surface area contributed by atoms with Crippen LogP contribution in [0.15, 0.2) is 72.8 Å². The van der Waals surface area contributed by atoms with Crippen molar-refractivity contribution >= 4 is 23.2 Å². The average Bonchev–Trinajstić information content (AvgIpc) is 3.17. The zero-order chi connectivity index (χ0) is 20.4. The number of hydrogen-bond acceptors (Lipinski definition) is 3. The molecule has 0 aliphatic heterocycles. The number of carbonyl (C=O) groups is 1. The third-order valence-corrected chi connectivity index (χ3v) is 5.03. The lowest BCUT2D eigenvalue weighted by Crippen LogP contribution is -2.14. The lowest BCUT2D eigenvalue weighted by Gasteiger charge is -2.10. The van der Waals surface area contributed by atoms with Gasteiger partial charge < -0.3 is 5.32 Å². The van der Waals surface area contributed by atoms with E-state index in [4.69, 9.17) is 11.6 Å². The van der Waals surface area contributed by atoms with Gasteiger partial charge in [-0.3, -0.25) is 4.79 Å². The average molecular weight is 403 g/mol. The van der Waals surface area contributed by atoms with Crippen molar-refractivity contribution in [1.82, 2.24) is 14.8 Å². The molecular formula is C23H19ClN4O. The van der Waals surface area contributed by atoms with Crippen LogP contribution in [0.1, 0.15) is 21.7 Å². The molecule has 144 valence electrons. The monoisotopic (exact) mass is 402 g/mol. The summed E-state index contributed by atoms with van der Waals surface area (Å²) in [6.07, 6.45) is 0. The van der Waals surface area contributed by atoms with Gasteiger partial charge in [-0.15, -0.1) is 5.10 Å². The molecule has 5 nitrogen and oxygen atoms in total. The van der Waals surface area contributed by atoms with Crippen molar-refractivity contribution in [3.8, 4) is 17.1 Å². The van der Waals surface area contributed by atoms with Gasteiger partial charge in [0.2, 0.25) is 5.82 Å². The molecule has 0 atom stereocenters. The molecule has 6 heteroatoms. The molecule has 1 aromatic heterocycles. The highest BCUT2D eigenvalue weighted by atomic mass is 35.5. The second kappa shape index (κ2) is 7.89. The van der Waals surface area contributed by atoms with Gasteiger partial charge in [0.1, 0.15) is 0 Å². The van der Waals surface area contributed by atoms with Crippen molar-refractivity contribution in [3.63, 3.8) is 0 Å². The number of rotatable bonds is 4. The molecule has 0 radical (unpaired) electrons. The molecule has 0 fully saturated rings. The van der Waals surface area contributed by atoms with Crippen LogP contribution in [0, 0.1) is 13.8 Å². The first-order valence-corrected chi connectivity index (χ1v) is 9.57. The third-order valence-electron chi connectivity index (χ3n) is 4.62.